The molecular weight excluding hydrogens is 333 g/mol. The normalized spacial score (nSPS) is 14.9. The summed E-state index contributed by atoms with van der Waals surface area (Å²) in [7, 11) is 0. The SMILES string of the molecule is Cc1ccc(C(O)(c2cccc(Br)c2)C(F)(F)F)cc1. The van der Waals surface area contributed by atoms with Crippen molar-refractivity contribution in [2.45, 2.75) is 18.7 Å². The number of halogens is 4. The summed E-state index contributed by atoms with van der Waals surface area (Å²) in [5, 5.41) is 10.4. The van der Waals surface area contributed by atoms with Crippen molar-refractivity contribution in [3.05, 3.63) is 69.7 Å². The van der Waals surface area contributed by atoms with E-state index in [-0.39, 0.29) is 11.1 Å². The van der Waals surface area contributed by atoms with Crippen molar-refractivity contribution in [1.29, 1.82) is 0 Å². The number of hydrogen-bond donors (Lipinski definition) is 1. The second-order valence-electron chi connectivity index (χ2n) is 4.58. The molecule has 0 spiro atoms. The molecule has 1 N–H and O–H groups in total. The molecule has 0 radical (unpaired) electrons. The molecule has 0 aliphatic rings. The van der Waals surface area contributed by atoms with Gasteiger partial charge >= 0.3 is 6.18 Å². The average molecular weight is 345 g/mol. The minimum Gasteiger partial charge on any atom is -0.372 e. The molecule has 0 saturated heterocycles. The Bertz CT molecular complexity index is 607. The number of aliphatic hydroxyl groups is 1. The Balaban J connectivity index is 2.66. The lowest BCUT2D eigenvalue weighted by Gasteiger charge is -2.31. The summed E-state index contributed by atoms with van der Waals surface area (Å²) < 4.78 is 40.8. The third kappa shape index (κ3) is 2.60. The standard InChI is InChI=1S/C15H12BrF3O/c1-10-5-7-11(8-6-10)14(20,15(17,18)19)12-3-2-4-13(16)9-12/h2-9,20H,1H3. The summed E-state index contributed by atoms with van der Waals surface area (Å²) in [6.45, 7) is 1.77. The van der Waals surface area contributed by atoms with Crippen LogP contribution in [-0.4, -0.2) is 11.3 Å². The lowest BCUT2D eigenvalue weighted by molar-refractivity contribution is -0.248. The van der Waals surface area contributed by atoms with Crippen molar-refractivity contribution in [1.82, 2.24) is 0 Å². The molecule has 5 heteroatoms. The fourth-order valence-corrected chi connectivity index (χ4v) is 2.40. The van der Waals surface area contributed by atoms with E-state index in [4.69, 9.17) is 0 Å². The molecule has 0 saturated carbocycles. The first-order valence-corrected chi connectivity index (χ1v) is 6.67. The second kappa shape index (κ2) is 5.22. The van der Waals surface area contributed by atoms with E-state index in [2.05, 4.69) is 15.9 Å². The van der Waals surface area contributed by atoms with E-state index in [0.717, 1.165) is 5.56 Å². The summed E-state index contributed by atoms with van der Waals surface area (Å²) in [5.41, 5.74) is -2.62. The highest BCUT2D eigenvalue weighted by atomic mass is 79.9. The zero-order valence-electron chi connectivity index (χ0n) is 10.6. The highest BCUT2D eigenvalue weighted by Gasteiger charge is 2.56. The predicted octanol–water partition coefficient (Wildman–Crippen LogP) is 4.56. The van der Waals surface area contributed by atoms with Crippen molar-refractivity contribution in [2.24, 2.45) is 0 Å². The third-order valence-electron chi connectivity index (χ3n) is 3.12. The molecule has 0 aromatic heterocycles. The topological polar surface area (TPSA) is 20.2 Å². The lowest BCUT2D eigenvalue weighted by atomic mass is 9.85. The van der Waals surface area contributed by atoms with Gasteiger partial charge in [-0.05, 0) is 30.2 Å². The summed E-state index contributed by atoms with van der Waals surface area (Å²) in [4.78, 5) is 0. The molecule has 0 aliphatic carbocycles. The van der Waals surface area contributed by atoms with Crippen molar-refractivity contribution in [3.63, 3.8) is 0 Å². The molecule has 0 bridgehead atoms. The molecule has 2 aromatic carbocycles. The Hall–Kier alpha value is -1.33. The minimum atomic E-state index is -4.82. The maximum absolute atomic E-state index is 13.4. The number of aryl methyl sites for hydroxylation is 1. The molecule has 0 amide bonds. The first-order valence-electron chi connectivity index (χ1n) is 5.87. The van der Waals surface area contributed by atoms with Crippen LogP contribution in [-0.2, 0) is 5.60 Å². The van der Waals surface area contributed by atoms with Gasteiger partial charge in [0, 0.05) is 4.47 Å². The van der Waals surface area contributed by atoms with Crippen molar-refractivity contribution < 1.29 is 18.3 Å². The first-order chi connectivity index (χ1) is 9.25. The number of alkyl halides is 3. The van der Waals surface area contributed by atoms with Gasteiger partial charge in [-0.2, -0.15) is 13.2 Å². The predicted molar refractivity (Wildman–Crippen MR) is 74.4 cm³/mol. The minimum absolute atomic E-state index is 0.200. The molecule has 20 heavy (non-hydrogen) atoms. The van der Waals surface area contributed by atoms with Gasteiger partial charge in [0.2, 0.25) is 5.60 Å². The van der Waals surface area contributed by atoms with Gasteiger partial charge < -0.3 is 5.11 Å². The number of benzene rings is 2. The van der Waals surface area contributed by atoms with E-state index < -0.39 is 11.8 Å². The molecule has 1 unspecified atom stereocenters. The molecular formula is C15H12BrF3O. The van der Waals surface area contributed by atoms with Crippen LogP contribution in [0.4, 0.5) is 13.2 Å². The van der Waals surface area contributed by atoms with E-state index in [1.54, 1.807) is 25.1 Å². The Morgan fingerprint density at radius 3 is 2.05 bits per heavy atom. The second-order valence-corrected chi connectivity index (χ2v) is 5.50. The van der Waals surface area contributed by atoms with E-state index in [1.165, 1.54) is 30.3 Å². The zero-order chi connectivity index (χ0) is 15.0. The quantitative estimate of drug-likeness (QED) is 0.846. The molecule has 2 aromatic rings. The molecule has 106 valence electrons. The van der Waals surface area contributed by atoms with E-state index in [1.807, 2.05) is 0 Å². The van der Waals surface area contributed by atoms with Crippen LogP contribution < -0.4 is 0 Å². The van der Waals surface area contributed by atoms with Crippen molar-refractivity contribution in [3.8, 4) is 0 Å². The highest BCUT2D eigenvalue weighted by Crippen LogP contribution is 2.44. The summed E-state index contributed by atoms with van der Waals surface area (Å²) in [6.07, 6.45) is -4.82. The van der Waals surface area contributed by atoms with Crippen LogP contribution in [0, 0.1) is 6.92 Å². The fourth-order valence-electron chi connectivity index (χ4n) is 2.00. The Kier molecular flexibility index (Phi) is 3.93. The van der Waals surface area contributed by atoms with Gasteiger partial charge in [0.05, 0.1) is 0 Å². The van der Waals surface area contributed by atoms with Gasteiger partial charge in [-0.1, -0.05) is 57.9 Å². The highest BCUT2D eigenvalue weighted by molar-refractivity contribution is 9.10. The largest absolute Gasteiger partial charge is 0.425 e. The summed E-state index contributed by atoms with van der Waals surface area (Å²) >= 11 is 3.13. The maximum Gasteiger partial charge on any atom is 0.425 e. The number of rotatable bonds is 2. The molecule has 0 heterocycles. The summed E-state index contributed by atoms with van der Waals surface area (Å²) in [5.74, 6) is 0. The molecule has 1 atom stereocenters. The van der Waals surface area contributed by atoms with Crippen LogP contribution in [0.15, 0.2) is 53.0 Å². The Morgan fingerprint density at radius 1 is 0.950 bits per heavy atom. The Labute approximate surface area is 123 Å². The van der Waals surface area contributed by atoms with E-state index in [9.17, 15) is 18.3 Å². The molecule has 1 nitrogen and oxygen atoms in total. The van der Waals surface area contributed by atoms with Crippen LogP contribution in [0.25, 0.3) is 0 Å². The molecule has 0 fully saturated rings. The van der Waals surface area contributed by atoms with E-state index in [0.29, 0.717) is 4.47 Å². The number of hydrogen-bond acceptors (Lipinski definition) is 1. The smallest absolute Gasteiger partial charge is 0.372 e. The third-order valence-corrected chi connectivity index (χ3v) is 3.62. The van der Waals surface area contributed by atoms with Gasteiger partial charge in [-0.3, -0.25) is 0 Å². The van der Waals surface area contributed by atoms with Crippen molar-refractivity contribution in [2.75, 3.05) is 0 Å². The van der Waals surface area contributed by atoms with Crippen LogP contribution in [0.1, 0.15) is 16.7 Å². The fraction of sp³-hybridized carbons (Fsp3) is 0.200. The van der Waals surface area contributed by atoms with Gasteiger partial charge in [-0.15, -0.1) is 0 Å². The maximum atomic E-state index is 13.4. The lowest BCUT2D eigenvalue weighted by Crippen LogP contribution is -2.43. The van der Waals surface area contributed by atoms with Gasteiger partial charge in [0.15, 0.2) is 0 Å². The van der Waals surface area contributed by atoms with Gasteiger partial charge in [0.25, 0.3) is 0 Å². The van der Waals surface area contributed by atoms with Crippen LogP contribution in [0.5, 0.6) is 0 Å². The van der Waals surface area contributed by atoms with Crippen molar-refractivity contribution >= 4 is 15.9 Å². The molecule has 0 aliphatic heterocycles. The average Bonchev–Trinajstić information content (AvgIpc) is 2.37. The Morgan fingerprint density at radius 2 is 1.55 bits per heavy atom. The summed E-state index contributed by atoms with van der Waals surface area (Å²) in [6, 6.07) is 11.3. The van der Waals surface area contributed by atoms with Gasteiger partial charge in [0.1, 0.15) is 0 Å². The van der Waals surface area contributed by atoms with Gasteiger partial charge in [-0.25, -0.2) is 0 Å². The monoisotopic (exact) mass is 344 g/mol. The van der Waals surface area contributed by atoms with Crippen LogP contribution in [0.2, 0.25) is 0 Å². The molecule has 2 rings (SSSR count). The van der Waals surface area contributed by atoms with Crippen LogP contribution >= 0.6 is 15.9 Å². The first kappa shape index (κ1) is 15.1. The van der Waals surface area contributed by atoms with E-state index >= 15 is 0 Å². The zero-order valence-corrected chi connectivity index (χ0v) is 12.2. The van der Waals surface area contributed by atoms with Crippen LogP contribution in [0.3, 0.4) is 0 Å².